The zero-order chi connectivity index (χ0) is 17.1. The fraction of sp³-hybridized carbons (Fsp3) is 0.278. The van der Waals surface area contributed by atoms with Crippen LogP contribution in [0.2, 0.25) is 0 Å². The summed E-state index contributed by atoms with van der Waals surface area (Å²) in [7, 11) is 0. The highest BCUT2D eigenvalue weighted by molar-refractivity contribution is 5.92. The minimum absolute atomic E-state index is 0.338. The molecule has 3 nitrogen and oxygen atoms in total. The van der Waals surface area contributed by atoms with E-state index in [4.69, 9.17) is 4.74 Å². The van der Waals surface area contributed by atoms with Gasteiger partial charge in [0, 0.05) is 0 Å². The Balaban J connectivity index is 1.66. The molecule has 0 aromatic heterocycles. The van der Waals surface area contributed by atoms with E-state index in [2.05, 4.69) is 5.32 Å². The number of aryl methyl sites for hydroxylation is 1. The van der Waals surface area contributed by atoms with E-state index in [0.717, 1.165) is 43.4 Å². The minimum Gasteiger partial charge on any atom is -0.483 e. The predicted octanol–water partition coefficient (Wildman–Crippen LogP) is 4.00. The highest BCUT2D eigenvalue weighted by Crippen LogP contribution is 2.29. The van der Waals surface area contributed by atoms with Gasteiger partial charge in [0.25, 0.3) is 5.91 Å². The van der Waals surface area contributed by atoms with Crippen LogP contribution in [0.15, 0.2) is 30.3 Å². The summed E-state index contributed by atoms with van der Waals surface area (Å²) >= 11 is 0. The number of ether oxygens (including phenoxy) is 1. The van der Waals surface area contributed by atoms with Crippen LogP contribution in [0.5, 0.6) is 5.75 Å². The molecule has 0 aliphatic heterocycles. The Hall–Kier alpha value is -2.50. The molecule has 1 amide bonds. The summed E-state index contributed by atoms with van der Waals surface area (Å²) in [6.45, 7) is -0.338. The van der Waals surface area contributed by atoms with Crippen LogP contribution in [0.3, 0.4) is 0 Å². The van der Waals surface area contributed by atoms with Gasteiger partial charge in [0.2, 0.25) is 0 Å². The van der Waals surface area contributed by atoms with E-state index in [9.17, 15) is 18.0 Å². The lowest BCUT2D eigenvalue weighted by atomic mass is 9.91. The maximum Gasteiger partial charge on any atom is 0.262 e. The van der Waals surface area contributed by atoms with E-state index in [0.29, 0.717) is 5.75 Å². The molecule has 0 saturated heterocycles. The maximum absolute atomic E-state index is 13.5. The number of amides is 1. The molecule has 3 rings (SSSR count). The molecule has 2 aromatic carbocycles. The Bertz CT molecular complexity index is 777. The van der Waals surface area contributed by atoms with Gasteiger partial charge in [0.1, 0.15) is 5.75 Å². The first-order valence-electron chi connectivity index (χ1n) is 7.73. The number of hydrogen-bond acceptors (Lipinski definition) is 2. The van der Waals surface area contributed by atoms with Crippen molar-refractivity contribution in [2.24, 2.45) is 0 Å². The van der Waals surface area contributed by atoms with Crippen LogP contribution < -0.4 is 10.1 Å². The lowest BCUT2D eigenvalue weighted by Crippen LogP contribution is -2.22. The lowest BCUT2D eigenvalue weighted by molar-refractivity contribution is -0.118. The first kappa shape index (κ1) is 16.4. The molecule has 0 atom stereocenters. The number of benzene rings is 2. The van der Waals surface area contributed by atoms with Crippen LogP contribution in [-0.4, -0.2) is 12.5 Å². The van der Waals surface area contributed by atoms with Gasteiger partial charge in [-0.2, -0.15) is 0 Å². The lowest BCUT2D eigenvalue weighted by Gasteiger charge is -2.19. The van der Waals surface area contributed by atoms with Crippen molar-refractivity contribution >= 4 is 11.6 Å². The fourth-order valence-electron chi connectivity index (χ4n) is 2.83. The van der Waals surface area contributed by atoms with Crippen LogP contribution in [0.25, 0.3) is 0 Å². The zero-order valence-corrected chi connectivity index (χ0v) is 12.9. The fourth-order valence-corrected chi connectivity index (χ4v) is 2.83. The van der Waals surface area contributed by atoms with Crippen LogP contribution in [0.1, 0.15) is 24.0 Å². The number of halogens is 3. The molecule has 0 radical (unpaired) electrons. The standard InChI is InChI=1S/C18H16F3NO2/c19-13-8-9-14(18(21)17(13)20)22-16(23)10-24-15-7-3-5-11-4-1-2-6-12(11)15/h3,5,7-9H,1-2,4,6,10H2,(H,22,23). The molecule has 0 saturated carbocycles. The molecule has 0 bridgehead atoms. The maximum atomic E-state index is 13.5. The number of rotatable bonds is 4. The summed E-state index contributed by atoms with van der Waals surface area (Å²) in [6, 6.07) is 7.42. The van der Waals surface area contributed by atoms with Crippen molar-refractivity contribution in [1.29, 1.82) is 0 Å². The van der Waals surface area contributed by atoms with Gasteiger partial charge in [-0.25, -0.2) is 13.2 Å². The Morgan fingerprint density at radius 3 is 2.67 bits per heavy atom. The summed E-state index contributed by atoms with van der Waals surface area (Å²) in [4.78, 5) is 11.9. The average molecular weight is 335 g/mol. The summed E-state index contributed by atoms with van der Waals surface area (Å²) in [6.07, 6.45) is 4.08. The van der Waals surface area contributed by atoms with Crippen LogP contribution in [0.4, 0.5) is 18.9 Å². The van der Waals surface area contributed by atoms with Gasteiger partial charge in [-0.05, 0) is 55.0 Å². The van der Waals surface area contributed by atoms with E-state index in [1.807, 2.05) is 12.1 Å². The second kappa shape index (κ2) is 6.95. The van der Waals surface area contributed by atoms with E-state index in [1.54, 1.807) is 6.07 Å². The molecule has 24 heavy (non-hydrogen) atoms. The Morgan fingerprint density at radius 1 is 1.04 bits per heavy atom. The first-order chi connectivity index (χ1) is 11.6. The van der Waals surface area contributed by atoms with Crippen molar-refractivity contribution in [3.8, 4) is 5.75 Å². The monoisotopic (exact) mass is 335 g/mol. The molecule has 1 aliphatic carbocycles. The first-order valence-corrected chi connectivity index (χ1v) is 7.73. The second-order valence-electron chi connectivity index (χ2n) is 5.66. The number of fused-ring (bicyclic) bond motifs is 1. The highest BCUT2D eigenvalue weighted by Gasteiger charge is 2.17. The smallest absolute Gasteiger partial charge is 0.262 e. The van der Waals surface area contributed by atoms with E-state index in [1.165, 1.54) is 5.56 Å². The van der Waals surface area contributed by atoms with Gasteiger partial charge in [0.15, 0.2) is 24.1 Å². The predicted molar refractivity (Wildman–Crippen MR) is 83.5 cm³/mol. The summed E-state index contributed by atoms with van der Waals surface area (Å²) in [5.74, 6) is -4.37. The van der Waals surface area contributed by atoms with Gasteiger partial charge in [-0.3, -0.25) is 4.79 Å². The molecular formula is C18H16F3NO2. The van der Waals surface area contributed by atoms with Crippen LogP contribution in [0, 0.1) is 17.5 Å². The third-order valence-corrected chi connectivity index (χ3v) is 4.02. The molecule has 1 N–H and O–H groups in total. The normalized spacial score (nSPS) is 13.3. The minimum atomic E-state index is -1.62. The zero-order valence-electron chi connectivity index (χ0n) is 12.9. The van der Waals surface area contributed by atoms with E-state index >= 15 is 0 Å². The van der Waals surface area contributed by atoms with E-state index < -0.39 is 29.0 Å². The summed E-state index contributed by atoms with van der Waals surface area (Å²) in [5, 5.41) is 2.18. The number of carbonyl (C=O) groups is 1. The van der Waals surface area contributed by atoms with Crippen LogP contribution >= 0.6 is 0 Å². The van der Waals surface area contributed by atoms with Crippen molar-refractivity contribution in [1.82, 2.24) is 0 Å². The molecule has 0 fully saturated rings. The quantitative estimate of drug-likeness (QED) is 0.858. The molecule has 2 aromatic rings. The van der Waals surface area contributed by atoms with Crippen molar-refractivity contribution in [2.75, 3.05) is 11.9 Å². The molecular weight excluding hydrogens is 319 g/mol. The largest absolute Gasteiger partial charge is 0.483 e. The van der Waals surface area contributed by atoms with Gasteiger partial charge < -0.3 is 10.1 Å². The van der Waals surface area contributed by atoms with Gasteiger partial charge >= 0.3 is 0 Å². The molecule has 1 aliphatic rings. The highest BCUT2D eigenvalue weighted by atomic mass is 19.2. The van der Waals surface area contributed by atoms with Crippen molar-refractivity contribution in [3.05, 3.63) is 58.9 Å². The Labute approximate surface area is 137 Å². The van der Waals surface area contributed by atoms with Gasteiger partial charge in [0.05, 0.1) is 5.69 Å². The van der Waals surface area contributed by atoms with Crippen molar-refractivity contribution in [2.45, 2.75) is 25.7 Å². The topological polar surface area (TPSA) is 38.3 Å². The summed E-state index contributed by atoms with van der Waals surface area (Å²) < 4.78 is 45.1. The van der Waals surface area contributed by atoms with Crippen LogP contribution in [-0.2, 0) is 17.6 Å². The Kier molecular flexibility index (Phi) is 4.74. The average Bonchev–Trinajstić information content (AvgIpc) is 2.60. The third-order valence-electron chi connectivity index (χ3n) is 4.02. The van der Waals surface area contributed by atoms with Gasteiger partial charge in [-0.1, -0.05) is 12.1 Å². The third kappa shape index (κ3) is 3.37. The SMILES string of the molecule is O=C(COc1cccc2c1CCCC2)Nc1ccc(F)c(F)c1F. The number of hydrogen-bond donors (Lipinski definition) is 1. The number of nitrogens with one attached hydrogen (secondary N) is 1. The van der Waals surface area contributed by atoms with Crippen molar-refractivity contribution in [3.63, 3.8) is 0 Å². The van der Waals surface area contributed by atoms with E-state index in [-0.39, 0.29) is 6.61 Å². The van der Waals surface area contributed by atoms with Gasteiger partial charge in [-0.15, -0.1) is 0 Å². The molecule has 6 heteroatoms. The second-order valence-corrected chi connectivity index (χ2v) is 5.66. The Morgan fingerprint density at radius 2 is 1.83 bits per heavy atom. The summed E-state index contributed by atoms with van der Waals surface area (Å²) in [5.41, 5.74) is 1.89. The molecule has 126 valence electrons. The number of anilines is 1. The molecule has 0 spiro atoms. The number of carbonyl (C=O) groups excluding carboxylic acids is 1. The van der Waals surface area contributed by atoms with Crippen molar-refractivity contribution < 1.29 is 22.7 Å². The molecule has 0 unspecified atom stereocenters. The molecule has 0 heterocycles.